The van der Waals surface area contributed by atoms with Crippen molar-refractivity contribution >= 4 is 18.2 Å². The predicted molar refractivity (Wildman–Crippen MR) is 63.7 cm³/mol. The summed E-state index contributed by atoms with van der Waals surface area (Å²) in [6.45, 7) is 5.59. The Hall–Kier alpha value is -0.920. The van der Waals surface area contributed by atoms with Crippen LogP contribution in [0.15, 0.2) is 0 Å². The minimum absolute atomic E-state index is 0.465. The van der Waals surface area contributed by atoms with E-state index in [1.807, 2.05) is 4.57 Å². The van der Waals surface area contributed by atoms with Crippen molar-refractivity contribution < 1.29 is 4.74 Å². The number of hydrogen-bond acceptors (Lipinski definition) is 5. The highest BCUT2D eigenvalue weighted by Gasteiger charge is 2.10. The lowest BCUT2D eigenvalue weighted by molar-refractivity contribution is 0.0369. The van der Waals surface area contributed by atoms with Crippen LogP contribution < -0.4 is 5.73 Å². The van der Waals surface area contributed by atoms with Crippen molar-refractivity contribution in [2.45, 2.75) is 13.0 Å². The number of hydrogen-bond donors (Lipinski definition) is 2. The average Bonchev–Trinajstić information content (AvgIpc) is 2.62. The largest absolute Gasteiger partial charge is 0.379 e. The van der Waals surface area contributed by atoms with E-state index in [4.69, 9.17) is 22.7 Å². The molecule has 0 aliphatic carbocycles. The van der Waals surface area contributed by atoms with Gasteiger partial charge in [-0.1, -0.05) is 0 Å². The quantitative estimate of drug-likeness (QED) is 0.741. The third kappa shape index (κ3) is 2.81. The number of nitrogen functional groups attached to an aromatic ring is 1. The van der Waals surface area contributed by atoms with Crippen molar-refractivity contribution in [2.75, 3.05) is 38.6 Å². The Morgan fingerprint density at radius 2 is 2.12 bits per heavy atom. The molecule has 16 heavy (non-hydrogen) atoms. The first-order chi connectivity index (χ1) is 7.77. The molecule has 1 aromatic heterocycles. The van der Waals surface area contributed by atoms with Crippen LogP contribution in [-0.4, -0.2) is 52.5 Å². The van der Waals surface area contributed by atoms with Gasteiger partial charge in [-0.15, -0.1) is 5.10 Å². The molecule has 90 valence electrons. The molecule has 1 fully saturated rings. The molecule has 2 heterocycles. The van der Waals surface area contributed by atoms with Crippen LogP contribution in [0, 0.1) is 4.77 Å². The van der Waals surface area contributed by atoms with E-state index in [0.717, 1.165) is 45.8 Å². The van der Waals surface area contributed by atoms with E-state index >= 15 is 0 Å². The number of nitrogens with two attached hydrogens (primary N) is 1. The molecular weight excluding hydrogens is 226 g/mol. The molecule has 3 N–H and O–H groups in total. The van der Waals surface area contributed by atoms with Gasteiger partial charge in [0.2, 0.25) is 5.95 Å². The van der Waals surface area contributed by atoms with Crippen molar-refractivity contribution in [1.29, 1.82) is 0 Å². The Labute approximate surface area is 99.4 Å². The number of morpholine rings is 1. The lowest BCUT2D eigenvalue weighted by Gasteiger charge is -2.26. The third-order valence-corrected chi connectivity index (χ3v) is 3.06. The molecule has 0 amide bonds. The zero-order valence-corrected chi connectivity index (χ0v) is 10.0. The van der Waals surface area contributed by atoms with Crippen LogP contribution in [0.25, 0.3) is 0 Å². The van der Waals surface area contributed by atoms with Gasteiger partial charge in [-0.3, -0.25) is 9.47 Å². The van der Waals surface area contributed by atoms with Crippen LogP contribution in [0.4, 0.5) is 5.95 Å². The van der Waals surface area contributed by atoms with Crippen molar-refractivity contribution in [2.24, 2.45) is 0 Å². The van der Waals surface area contributed by atoms with Gasteiger partial charge in [0.1, 0.15) is 0 Å². The molecule has 1 saturated heterocycles. The van der Waals surface area contributed by atoms with Crippen LogP contribution in [0.3, 0.4) is 0 Å². The molecule has 6 nitrogen and oxygen atoms in total. The van der Waals surface area contributed by atoms with E-state index in [1.165, 1.54) is 0 Å². The van der Waals surface area contributed by atoms with Crippen molar-refractivity contribution in [3.05, 3.63) is 4.77 Å². The highest BCUT2D eigenvalue weighted by Crippen LogP contribution is 2.03. The standard InChI is InChI=1S/C9H17N5OS/c10-8-11-12-9(16)14(8)3-1-2-13-4-6-15-7-5-13/h1-7H2,(H2,10,11)(H,12,16). The predicted octanol–water partition coefficient (Wildman–Crippen LogP) is 0.245. The second-order valence-electron chi connectivity index (χ2n) is 3.85. The summed E-state index contributed by atoms with van der Waals surface area (Å²) in [6.07, 6.45) is 1.03. The van der Waals surface area contributed by atoms with E-state index in [1.54, 1.807) is 0 Å². The molecule has 1 aliphatic rings. The number of nitrogens with zero attached hydrogens (tertiary/aromatic N) is 3. The van der Waals surface area contributed by atoms with Gasteiger partial charge >= 0.3 is 0 Å². The monoisotopic (exact) mass is 243 g/mol. The smallest absolute Gasteiger partial charge is 0.220 e. The SMILES string of the molecule is Nc1n[nH]c(=S)n1CCCN1CCOCC1. The maximum absolute atomic E-state index is 5.68. The summed E-state index contributed by atoms with van der Waals surface area (Å²) < 4.78 is 7.72. The normalized spacial score (nSPS) is 17.8. The molecule has 7 heteroatoms. The van der Waals surface area contributed by atoms with Crippen molar-refractivity contribution in [3.8, 4) is 0 Å². The summed E-state index contributed by atoms with van der Waals surface area (Å²) in [7, 11) is 0. The minimum Gasteiger partial charge on any atom is -0.379 e. The Bertz CT molecular complexity index is 381. The topological polar surface area (TPSA) is 72.1 Å². The summed E-state index contributed by atoms with van der Waals surface area (Å²) in [4.78, 5) is 2.39. The second kappa shape index (κ2) is 5.42. The number of aromatic amines is 1. The maximum atomic E-state index is 5.68. The van der Waals surface area contributed by atoms with Gasteiger partial charge in [-0.2, -0.15) is 0 Å². The van der Waals surface area contributed by atoms with Crippen LogP contribution in [0.5, 0.6) is 0 Å². The summed E-state index contributed by atoms with van der Waals surface area (Å²) in [5.74, 6) is 0.465. The highest BCUT2D eigenvalue weighted by molar-refractivity contribution is 7.71. The maximum Gasteiger partial charge on any atom is 0.220 e. The van der Waals surface area contributed by atoms with Crippen molar-refractivity contribution in [3.63, 3.8) is 0 Å². The fourth-order valence-electron chi connectivity index (χ4n) is 1.82. The average molecular weight is 243 g/mol. The fourth-order valence-corrected chi connectivity index (χ4v) is 2.05. The molecule has 0 radical (unpaired) electrons. The molecule has 0 unspecified atom stereocenters. The number of rotatable bonds is 4. The fraction of sp³-hybridized carbons (Fsp3) is 0.778. The van der Waals surface area contributed by atoms with Crippen LogP contribution >= 0.6 is 12.2 Å². The Kier molecular flexibility index (Phi) is 3.92. The van der Waals surface area contributed by atoms with Crippen LogP contribution in [-0.2, 0) is 11.3 Å². The zero-order chi connectivity index (χ0) is 11.4. The molecule has 0 spiro atoms. The second-order valence-corrected chi connectivity index (χ2v) is 4.23. The summed E-state index contributed by atoms with van der Waals surface area (Å²) in [5.41, 5.74) is 5.68. The highest BCUT2D eigenvalue weighted by atomic mass is 32.1. The third-order valence-electron chi connectivity index (χ3n) is 2.75. The van der Waals surface area contributed by atoms with Crippen molar-refractivity contribution in [1.82, 2.24) is 19.7 Å². The molecule has 0 saturated carbocycles. The molecular formula is C9H17N5OS. The van der Waals surface area contributed by atoms with Gasteiger partial charge in [0.05, 0.1) is 13.2 Å². The van der Waals surface area contributed by atoms with E-state index < -0.39 is 0 Å². The van der Waals surface area contributed by atoms with E-state index in [0.29, 0.717) is 10.7 Å². The van der Waals surface area contributed by atoms with E-state index in [9.17, 15) is 0 Å². The lowest BCUT2D eigenvalue weighted by atomic mass is 10.3. The molecule has 1 aliphatic heterocycles. The summed E-state index contributed by atoms with van der Waals surface area (Å²) >= 11 is 5.07. The minimum atomic E-state index is 0.465. The van der Waals surface area contributed by atoms with Gasteiger partial charge in [0, 0.05) is 26.2 Å². The first-order valence-electron chi connectivity index (χ1n) is 5.48. The zero-order valence-electron chi connectivity index (χ0n) is 9.19. The van der Waals surface area contributed by atoms with Gasteiger partial charge in [0.15, 0.2) is 4.77 Å². The number of H-pyrrole nitrogens is 1. The first-order valence-corrected chi connectivity index (χ1v) is 5.89. The molecule has 0 aromatic carbocycles. The summed E-state index contributed by atoms with van der Waals surface area (Å²) in [6, 6.07) is 0. The lowest BCUT2D eigenvalue weighted by Crippen LogP contribution is -2.37. The number of anilines is 1. The first kappa shape index (κ1) is 11.6. The molecule has 0 atom stereocenters. The molecule has 0 bridgehead atoms. The van der Waals surface area contributed by atoms with Gasteiger partial charge < -0.3 is 10.5 Å². The Morgan fingerprint density at radius 1 is 1.38 bits per heavy atom. The van der Waals surface area contributed by atoms with Gasteiger partial charge in [-0.25, -0.2) is 5.10 Å². The number of aromatic nitrogens is 3. The van der Waals surface area contributed by atoms with Gasteiger partial charge in [-0.05, 0) is 18.6 Å². The Balaban J connectivity index is 1.77. The van der Waals surface area contributed by atoms with E-state index in [2.05, 4.69) is 15.1 Å². The van der Waals surface area contributed by atoms with Crippen LogP contribution in [0.1, 0.15) is 6.42 Å². The Morgan fingerprint density at radius 3 is 2.75 bits per heavy atom. The molecule has 2 rings (SSSR count). The number of ether oxygens (including phenoxy) is 1. The number of nitrogens with one attached hydrogen (secondary N) is 1. The molecule has 1 aromatic rings. The van der Waals surface area contributed by atoms with Crippen LogP contribution in [0.2, 0.25) is 0 Å². The van der Waals surface area contributed by atoms with Gasteiger partial charge in [0.25, 0.3) is 0 Å². The van der Waals surface area contributed by atoms with E-state index in [-0.39, 0.29) is 0 Å². The summed E-state index contributed by atoms with van der Waals surface area (Å²) in [5, 5.41) is 6.55.